The molecule has 1 heterocycles. The van der Waals surface area contributed by atoms with E-state index in [-0.39, 0.29) is 17.4 Å². The number of halogens is 1. The molecule has 0 spiro atoms. The molecular weight excluding hydrogens is 367 g/mol. The quantitative estimate of drug-likeness (QED) is 0.594. The normalized spacial score (nSPS) is 15.0. The van der Waals surface area contributed by atoms with Crippen molar-refractivity contribution < 1.29 is 13.9 Å². The summed E-state index contributed by atoms with van der Waals surface area (Å²) in [5.41, 5.74) is 3.45. The minimum Gasteiger partial charge on any atom is -0.496 e. The number of carbonyl (C=O) groups excluding carboxylic acids is 1. The van der Waals surface area contributed by atoms with Gasteiger partial charge >= 0.3 is 0 Å². The van der Waals surface area contributed by atoms with Crippen LogP contribution in [0.2, 0.25) is 0 Å². The van der Waals surface area contributed by atoms with E-state index in [2.05, 4.69) is 4.99 Å². The highest BCUT2D eigenvalue weighted by molar-refractivity contribution is 6.33. The Hall–Kier alpha value is -3.73. The summed E-state index contributed by atoms with van der Waals surface area (Å²) >= 11 is 0. The number of carbonyl (C=O) groups is 1. The average Bonchev–Trinajstić information content (AvgIpc) is 3.05. The van der Waals surface area contributed by atoms with Crippen LogP contribution >= 0.6 is 0 Å². The lowest BCUT2D eigenvalue weighted by atomic mass is 10.1. The number of benzene rings is 3. The standard InChI is InChI=1S/C24H19FN2O2/c1-16-6-5-7-19(14-16)27-23(20-8-3-4-9-22(20)29-2)26-21(24(27)28)15-17-10-12-18(25)13-11-17/h3-15H,1-2H3/b21-15+. The maximum Gasteiger partial charge on any atom is 0.282 e. The van der Waals surface area contributed by atoms with Gasteiger partial charge in [-0.1, -0.05) is 36.4 Å². The molecule has 144 valence electrons. The van der Waals surface area contributed by atoms with Gasteiger partial charge in [0.1, 0.15) is 17.3 Å². The third kappa shape index (κ3) is 3.67. The molecule has 29 heavy (non-hydrogen) atoms. The van der Waals surface area contributed by atoms with Crippen LogP contribution in [0.3, 0.4) is 0 Å². The predicted octanol–water partition coefficient (Wildman–Crippen LogP) is 4.98. The zero-order chi connectivity index (χ0) is 20.4. The second-order valence-electron chi connectivity index (χ2n) is 6.70. The Morgan fingerprint density at radius 1 is 1.00 bits per heavy atom. The van der Waals surface area contributed by atoms with E-state index in [9.17, 15) is 9.18 Å². The van der Waals surface area contributed by atoms with E-state index in [1.54, 1.807) is 30.2 Å². The van der Waals surface area contributed by atoms with E-state index in [0.717, 1.165) is 11.3 Å². The van der Waals surface area contributed by atoms with Crippen LogP contribution in [0, 0.1) is 12.7 Å². The molecular formula is C24H19FN2O2. The summed E-state index contributed by atoms with van der Waals surface area (Å²) in [5, 5.41) is 0. The smallest absolute Gasteiger partial charge is 0.282 e. The van der Waals surface area contributed by atoms with E-state index >= 15 is 0 Å². The summed E-state index contributed by atoms with van der Waals surface area (Å²) < 4.78 is 18.7. The molecule has 0 saturated heterocycles. The minimum atomic E-state index is -0.329. The van der Waals surface area contributed by atoms with Crippen molar-refractivity contribution in [3.05, 3.63) is 101 Å². The first-order valence-corrected chi connectivity index (χ1v) is 9.17. The highest BCUT2D eigenvalue weighted by Gasteiger charge is 2.33. The van der Waals surface area contributed by atoms with Gasteiger partial charge in [0, 0.05) is 0 Å². The van der Waals surface area contributed by atoms with Crippen LogP contribution in [0.4, 0.5) is 10.1 Å². The largest absolute Gasteiger partial charge is 0.496 e. The van der Waals surface area contributed by atoms with Gasteiger partial charge in [-0.25, -0.2) is 9.38 Å². The third-order valence-electron chi connectivity index (χ3n) is 4.64. The van der Waals surface area contributed by atoms with E-state index in [1.165, 1.54) is 12.1 Å². The van der Waals surface area contributed by atoms with Gasteiger partial charge in [0.2, 0.25) is 0 Å². The van der Waals surface area contributed by atoms with Crippen LogP contribution in [0.5, 0.6) is 5.75 Å². The number of nitrogens with zero attached hydrogens (tertiary/aromatic N) is 2. The number of methoxy groups -OCH3 is 1. The molecule has 0 bridgehead atoms. The maximum absolute atomic E-state index is 13.3. The summed E-state index contributed by atoms with van der Waals surface area (Å²) in [6.45, 7) is 1.97. The molecule has 1 aliphatic rings. The Morgan fingerprint density at radius 3 is 2.48 bits per heavy atom. The second-order valence-corrected chi connectivity index (χ2v) is 6.70. The minimum absolute atomic E-state index is 0.249. The van der Waals surface area contributed by atoms with Gasteiger partial charge in [0.25, 0.3) is 5.91 Å². The van der Waals surface area contributed by atoms with Crippen LogP contribution in [0.15, 0.2) is 83.5 Å². The molecule has 0 fully saturated rings. The maximum atomic E-state index is 13.3. The van der Waals surface area contributed by atoms with Crippen molar-refractivity contribution in [3.63, 3.8) is 0 Å². The van der Waals surface area contributed by atoms with Gasteiger partial charge in [-0.2, -0.15) is 0 Å². The van der Waals surface area contributed by atoms with Crippen LogP contribution in [0.25, 0.3) is 6.08 Å². The lowest BCUT2D eigenvalue weighted by Gasteiger charge is -2.20. The first kappa shape index (κ1) is 18.6. The lowest BCUT2D eigenvalue weighted by molar-refractivity contribution is -0.113. The van der Waals surface area contributed by atoms with Gasteiger partial charge in [-0.3, -0.25) is 9.69 Å². The number of hydrogen-bond donors (Lipinski definition) is 0. The van der Waals surface area contributed by atoms with Crippen molar-refractivity contribution in [2.75, 3.05) is 12.0 Å². The monoisotopic (exact) mass is 386 g/mol. The van der Waals surface area contributed by atoms with Gasteiger partial charge in [-0.15, -0.1) is 0 Å². The number of aliphatic imine (C=N–C) groups is 1. The summed E-state index contributed by atoms with van der Waals surface area (Å²) in [7, 11) is 1.59. The van der Waals surface area contributed by atoms with Gasteiger partial charge in [0.15, 0.2) is 5.84 Å². The van der Waals surface area contributed by atoms with E-state index in [0.29, 0.717) is 22.7 Å². The fraction of sp³-hybridized carbons (Fsp3) is 0.0833. The molecule has 4 nitrogen and oxygen atoms in total. The van der Waals surface area contributed by atoms with Crippen LogP contribution in [0.1, 0.15) is 16.7 Å². The molecule has 0 aromatic heterocycles. The number of anilines is 1. The molecule has 0 saturated carbocycles. The zero-order valence-electron chi connectivity index (χ0n) is 16.1. The van der Waals surface area contributed by atoms with E-state index in [1.807, 2.05) is 55.5 Å². The molecule has 3 aromatic carbocycles. The number of ether oxygens (including phenoxy) is 1. The van der Waals surface area contributed by atoms with Crippen LogP contribution < -0.4 is 9.64 Å². The Balaban J connectivity index is 1.86. The highest BCUT2D eigenvalue weighted by atomic mass is 19.1. The summed E-state index contributed by atoms with van der Waals surface area (Å²) in [5.74, 6) is 0.538. The first-order chi connectivity index (χ1) is 14.1. The molecule has 5 heteroatoms. The SMILES string of the molecule is COc1ccccc1C1=N/C(=C/c2ccc(F)cc2)C(=O)N1c1cccc(C)c1. The Labute approximate surface area is 168 Å². The van der Waals surface area contributed by atoms with Gasteiger partial charge in [-0.05, 0) is 60.5 Å². The Morgan fingerprint density at radius 2 is 1.76 bits per heavy atom. The molecule has 0 aliphatic carbocycles. The Kier molecular flexibility index (Phi) is 4.96. The Bertz CT molecular complexity index is 1130. The third-order valence-corrected chi connectivity index (χ3v) is 4.64. The van der Waals surface area contributed by atoms with E-state index in [4.69, 9.17) is 4.74 Å². The van der Waals surface area contributed by atoms with Crippen molar-refractivity contribution in [2.24, 2.45) is 4.99 Å². The van der Waals surface area contributed by atoms with Crippen molar-refractivity contribution in [2.45, 2.75) is 6.92 Å². The summed E-state index contributed by atoms with van der Waals surface area (Å²) in [6, 6.07) is 21.1. The van der Waals surface area contributed by atoms with Gasteiger partial charge < -0.3 is 4.74 Å². The molecule has 0 N–H and O–H groups in total. The molecule has 0 unspecified atom stereocenters. The van der Waals surface area contributed by atoms with Crippen molar-refractivity contribution in [1.82, 2.24) is 0 Å². The zero-order valence-corrected chi connectivity index (χ0v) is 16.1. The predicted molar refractivity (Wildman–Crippen MR) is 113 cm³/mol. The number of hydrogen-bond acceptors (Lipinski definition) is 3. The number of rotatable bonds is 4. The molecule has 0 atom stereocenters. The second kappa shape index (κ2) is 7.72. The summed E-state index contributed by atoms with van der Waals surface area (Å²) in [6.07, 6.45) is 1.66. The molecule has 1 aliphatic heterocycles. The average molecular weight is 386 g/mol. The van der Waals surface area contributed by atoms with E-state index < -0.39 is 0 Å². The number of amides is 1. The molecule has 4 rings (SSSR count). The number of amidine groups is 1. The van der Waals surface area contributed by atoms with Crippen LogP contribution in [-0.2, 0) is 4.79 Å². The highest BCUT2D eigenvalue weighted by Crippen LogP contribution is 2.31. The van der Waals surface area contributed by atoms with Crippen molar-refractivity contribution in [1.29, 1.82) is 0 Å². The summed E-state index contributed by atoms with van der Waals surface area (Å²) in [4.78, 5) is 19.5. The van der Waals surface area contributed by atoms with Gasteiger partial charge in [0.05, 0.1) is 18.4 Å². The topological polar surface area (TPSA) is 41.9 Å². The fourth-order valence-electron chi connectivity index (χ4n) is 3.25. The van der Waals surface area contributed by atoms with Crippen molar-refractivity contribution >= 4 is 23.5 Å². The fourth-order valence-corrected chi connectivity index (χ4v) is 3.25. The number of para-hydroxylation sites is 1. The van der Waals surface area contributed by atoms with Crippen molar-refractivity contribution in [3.8, 4) is 5.75 Å². The molecule has 3 aromatic rings. The lowest BCUT2D eigenvalue weighted by Crippen LogP contribution is -2.32. The molecule has 1 amide bonds. The molecule has 0 radical (unpaired) electrons. The first-order valence-electron chi connectivity index (χ1n) is 9.17. The number of aryl methyl sites for hydroxylation is 1. The van der Waals surface area contributed by atoms with Crippen LogP contribution in [-0.4, -0.2) is 18.9 Å².